The molecule has 0 aliphatic rings. The van der Waals surface area contributed by atoms with Crippen LogP contribution < -0.4 is 5.73 Å². The lowest BCUT2D eigenvalue weighted by molar-refractivity contribution is 1.07. The summed E-state index contributed by atoms with van der Waals surface area (Å²) in [5.74, 6) is 0.324. The molecule has 0 saturated carbocycles. The Kier molecular flexibility index (Phi) is 3.64. The minimum Gasteiger partial charge on any atom is -0.382 e. The fourth-order valence-electron chi connectivity index (χ4n) is 1.58. The molecule has 9 heteroatoms. The third-order valence-electron chi connectivity index (χ3n) is 2.46. The Balaban J connectivity index is 1.99. The summed E-state index contributed by atoms with van der Waals surface area (Å²) in [7, 11) is 0. The number of fused-ring (bicyclic) bond motifs is 1. The van der Waals surface area contributed by atoms with E-state index in [1.807, 2.05) is 0 Å². The number of nitrogens with zero attached hydrogens (tertiary/aromatic N) is 3. The Bertz CT molecular complexity index is 781. The van der Waals surface area contributed by atoms with Crippen LogP contribution in [0, 0.1) is 0 Å². The van der Waals surface area contributed by atoms with Gasteiger partial charge in [-0.25, -0.2) is 15.0 Å². The van der Waals surface area contributed by atoms with Crippen LogP contribution in [-0.4, -0.2) is 19.9 Å². The quantitative estimate of drug-likeness (QED) is 0.684. The van der Waals surface area contributed by atoms with E-state index in [1.165, 1.54) is 18.1 Å². The summed E-state index contributed by atoms with van der Waals surface area (Å²) in [5.41, 5.74) is 6.83. The highest BCUT2D eigenvalue weighted by atomic mass is 35.5. The highest BCUT2D eigenvalue weighted by Crippen LogP contribution is 2.37. The molecule has 0 radical (unpaired) electrons. The average molecular weight is 347 g/mol. The van der Waals surface area contributed by atoms with Crippen molar-refractivity contribution >= 4 is 63.5 Å². The lowest BCUT2D eigenvalue weighted by Gasteiger charge is -2.03. The maximum absolute atomic E-state index is 5.99. The van der Waals surface area contributed by atoms with E-state index in [0.717, 1.165) is 4.90 Å². The highest BCUT2D eigenvalue weighted by molar-refractivity contribution is 7.99. The van der Waals surface area contributed by atoms with Gasteiger partial charge in [-0.1, -0.05) is 46.6 Å². The molecule has 5 nitrogen and oxygen atoms in total. The summed E-state index contributed by atoms with van der Waals surface area (Å²) in [4.78, 5) is 16.1. The molecule has 102 valence electrons. The van der Waals surface area contributed by atoms with E-state index in [-0.39, 0.29) is 0 Å². The standard InChI is InChI=1S/C11H6Cl3N5S/c12-5-1-4(2-6(13)7(5)14)20-11-18-8-9(15)16-3-17-10(8)19-11/h1-3H,(H3,15,16,17,18,19). The predicted molar refractivity (Wildman–Crippen MR) is 81.7 cm³/mol. The lowest BCUT2D eigenvalue weighted by Crippen LogP contribution is -1.91. The largest absolute Gasteiger partial charge is 0.382 e. The number of rotatable bonds is 2. The van der Waals surface area contributed by atoms with Gasteiger partial charge in [0, 0.05) is 4.90 Å². The predicted octanol–water partition coefficient (Wildman–Crippen LogP) is 4.05. The summed E-state index contributed by atoms with van der Waals surface area (Å²) >= 11 is 19.2. The van der Waals surface area contributed by atoms with Gasteiger partial charge in [0.05, 0.1) is 15.1 Å². The summed E-state index contributed by atoms with van der Waals surface area (Å²) < 4.78 is 0. The van der Waals surface area contributed by atoms with E-state index < -0.39 is 0 Å². The van der Waals surface area contributed by atoms with E-state index in [1.54, 1.807) is 12.1 Å². The van der Waals surface area contributed by atoms with Gasteiger partial charge in [0.15, 0.2) is 22.1 Å². The van der Waals surface area contributed by atoms with Crippen LogP contribution in [0.25, 0.3) is 11.2 Å². The van der Waals surface area contributed by atoms with Crippen molar-refractivity contribution in [1.29, 1.82) is 0 Å². The molecule has 3 N–H and O–H groups in total. The number of aromatic nitrogens is 4. The molecular formula is C11H6Cl3N5S. The molecule has 0 amide bonds. The van der Waals surface area contributed by atoms with Gasteiger partial charge >= 0.3 is 0 Å². The maximum atomic E-state index is 5.99. The summed E-state index contributed by atoms with van der Waals surface area (Å²) in [6.07, 6.45) is 1.38. The van der Waals surface area contributed by atoms with Gasteiger partial charge in [0.1, 0.15) is 6.33 Å². The van der Waals surface area contributed by atoms with E-state index in [9.17, 15) is 0 Å². The lowest BCUT2D eigenvalue weighted by atomic mass is 10.4. The SMILES string of the molecule is Nc1ncnc2[nH]c(Sc3cc(Cl)c(Cl)c(Cl)c3)nc12. The summed E-state index contributed by atoms with van der Waals surface area (Å²) in [6.45, 7) is 0. The molecule has 0 atom stereocenters. The molecule has 2 heterocycles. The molecular weight excluding hydrogens is 341 g/mol. The van der Waals surface area contributed by atoms with Crippen LogP contribution in [0.1, 0.15) is 0 Å². The molecule has 0 saturated heterocycles. The minimum absolute atomic E-state index is 0.324. The first-order chi connectivity index (χ1) is 9.54. The van der Waals surface area contributed by atoms with Gasteiger partial charge in [-0.2, -0.15) is 0 Å². The molecule has 0 fully saturated rings. The topological polar surface area (TPSA) is 80.5 Å². The van der Waals surface area contributed by atoms with Crippen molar-refractivity contribution in [3.05, 3.63) is 33.5 Å². The second-order valence-corrected chi connectivity index (χ2v) is 6.06. The molecule has 1 aromatic carbocycles. The van der Waals surface area contributed by atoms with Gasteiger partial charge in [0.25, 0.3) is 0 Å². The van der Waals surface area contributed by atoms with Crippen molar-refractivity contribution in [2.24, 2.45) is 0 Å². The molecule has 3 rings (SSSR count). The average Bonchev–Trinajstić information content (AvgIpc) is 2.80. The number of nitrogens with two attached hydrogens (primary N) is 1. The number of hydrogen-bond donors (Lipinski definition) is 2. The number of hydrogen-bond acceptors (Lipinski definition) is 5. The van der Waals surface area contributed by atoms with Gasteiger partial charge in [-0.05, 0) is 12.1 Å². The van der Waals surface area contributed by atoms with Crippen LogP contribution in [-0.2, 0) is 0 Å². The van der Waals surface area contributed by atoms with Gasteiger partial charge < -0.3 is 10.7 Å². The monoisotopic (exact) mass is 345 g/mol. The van der Waals surface area contributed by atoms with E-state index in [2.05, 4.69) is 19.9 Å². The highest BCUT2D eigenvalue weighted by Gasteiger charge is 2.11. The van der Waals surface area contributed by atoms with Crippen LogP contribution in [0.5, 0.6) is 0 Å². The Labute approximate surface area is 132 Å². The number of nitrogens with one attached hydrogen (secondary N) is 1. The zero-order valence-electron chi connectivity index (χ0n) is 9.69. The van der Waals surface area contributed by atoms with Crippen molar-refractivity contribution in [2.45, 2.75) is 10.1 Å². The number of anilines is 1. The molecule has 3 aromatic rings. The molecule has 0 aliphatic carbocycles. The van der Waals surface area contributed by atoms with Crippen molar-refractivity contribution in [1.82, 2.24) is 19.9 Å². The number of nitrogen functional groups attached to an aromatic ring is 1. The zero-order chi connectivity index (χ0) is 14.3. The Morgan fingerprint density at radius 2 is 1.80 bits per heavy atom. The summed E-state index contributed by atoms with van der Waals surface area (Å²) in [5, 5.41) is 1.72. The first-order valence-electron chi connectivity index (χ1n) is 5.33. The number of halogens is 3. The van der Waals surface area contributed by atoms with E-state index >= 15 is 0 Å². The number of aromatic amines is 1. The molecule has 0 spiro atoms. The molecule has 0 unspecified atom stereocenters. The zero-order valence-corrected chi connectivity index (χ0v) is 12.8. The minimum atomic E-state index is 0.324. The third kappa shape index (κ3) is 2.52. The molecule has 2 aromatic heterocycles. The van der Waals surface area contributed by atoms with Crippen molar-refractivity contribution in [3.8, 4) is 0 Å². The summed E-state index contributed by atoms with van der Waals surface area (Å²) in [6, 6.07) is 3.42. The van der Waals surface area contributed by atoms with Gasteiger partial charge in [0.2, 0.25) is 0 Å². The first kappa shape index (κ1) is 13.8. The van der Waals surface area contributed by atoms with Crippen LogP contribution in [0.3, 0.4) is 0 Å². The molecule has 20 heavy (non-hydrogen) atoms. The molecule has 0 bridgehead atoms. The van der Waals surface area contributed by atoms with Crippen LogP contribution >= 0.6 is 46.6 Å². The van der Waals surface area contributed by atoms with Crippen molar-refractivity contribution in [2.75, 3.05) is 5.73 Å². The number of H-pyrrole nitrogens is 1. The Hall–Kier alpha value is -1.21. The first-order valence-corrected chi connectivity index (χ1v) is 7.28. The van der Waals surface area contributed by atoms with Crippen LogP contribution in [0.4, 0.5) is 5.82 Å². The van der Waals surface area contributed by atoms with Crippen LogP contribution in [0.15, 0.2) is 28.5 Å². The maximum Gasteiger partial charge on any atom is 0.172 e. The second-order valence-electron chi connectivity index (χ2n) is 3.80. The Morgan fingerprint density at radius 3 is 2.45 bits per heavy atom. The van der Waals surface area contributed by atoms with E-state index in [0.29, 0.717) is 37.2 Å². The van der Waals surface area contributed by atoms with Gasteiger partial charge in [-0.3, -0.25) is 0 Å². The third-order valence-corrected chi connectivity index (χ3v) is 4.52. The normalized spacial score (nSPS) is 11.2. The number of imidazole rings is 1. The smallest absolute Gasteiger partial charge is 0.172 e. The van der Waals surface area contributed by atoms with E-state index in [4.69, 9.17) is 40.5 Å². The van der Waals surface area contributed by atoms with Crippen molar-refractivity contribution in [3.63, 3.8) is 0 Å². The second kappa shape index (κ2) is 5.29. The van der Waals surface area contributed by atoms with Gasteiger partial charge in [-0.15, -0.1) is 0 Å². The fourth-order valence-corrected chi connectivity index (χ4v) is 3.16. The fraction of sp³-hybridized carbons (Fsp3) is 0. The Morgan fingerprint density at radius 1 is 1.10 bits per heavy atom. The van der Waals surface area contributed by atoms with Crippen LogP contribution in [0.2, 0.25) is 15.1 Å². The number of benzene rings is 1. The molecule has 0 aliphatic heterocycles. The van der Waals surface area contributed by atoms with Crippen molar-refractivity contribution < 1.29 is 0 Å².